The van der Waals surface area contributed by atoms with Gasteiger partial charge in [0, 0.05) is 62.5 Å². The summed E-state index contributed by atoms with van der Waals surface area (Å²) in [7, 11) is 0. The van der Waals surface area contributed by atoms with Crippen molar-refractivity contribution in [2.45, 2.75) is 26.7 Å². The van der Waals surface area contributed by atoms with E-state index in [-0.39, 0.29) is 11.8 Å². The van der Waals surface area contributed by atoms with Crippen molar-refractivity contribution < 1.29 is 9.59 Å². The van der Waals surface area contributed by atoms with Crippen LogP contribution in [0.3, 0.4) is 0 Å². The van der Waals surface area contributed by atoms with Crippen molar-refractivity contribution in [3.05, 3.63) is 64.7 Å². The molecule has 2 amide bonds. The van der Waals surface area contributed by atoms with Gasteiger partial charge >= 0.3 is 0 Å². The van der Waals surface area contributed by atoms with Gasteiger partial charge in [-0.15, -0.1) is 0 Å². The Bertz CT molecular complexity index is 844. The summed E-state index contributed by atoms with van der Waals surface area (Å²) in [5.41, 5.74) is 2.79. The molecule has 0 radical (unpaired) electrons. The smallest absolute Gasteiger partial charge is 0.253 e. The van der Waals surface area contributed by atoms with Crippen molar-refractivity contribution in [2.75, 3.05) is 44.2 Å². The van der Waals surface area contributed by atoms with Gasteiger partial charge in [0.1, 0.15) is 0 Å². The first-order chi connectivity index (χ1) is 14.5. The highest BCUT2D eigenvalue weighted by atomic mass is 35.5. The van der Waals surface area contributed by atoms with Crippen molar-refractivity contribution in [2.24, 2.45) is 0 Å². The normalized spacial score (nSPS) is 14.6. The lowest BCUT2D eigenvalue weighted by Crippen LogP contribution is -2.49. The molecule has 0 aromatic heterocycles. The lowest BCUT2D eigenvalue weighted by Gasteiger charge is -2.35. The van der Waals surface area contributed by atoms with Gasteiger partial charge < -0.3 is 9.80 Å². The quantitative estimate of drug-likeness (QED) is 0.668. The molecule has 1 aliphatic rings. The van der Waals surface area contributed by atoms with Crippen LogP contribution in [0, 0.1) is 0 Å². The van der Waals surface area contributed by atoms with E-state index in [9.17, 15) is 9.59 Å². The molecule has 3 rings (SSSR count). The van der Waals surface area contributed by atoms with Gasteiger partial charge in [-0.3, -0.25) is 14.5 Å². The molecular weight excluding hydrogens is 398 g/mol. The monoisotopic (exact) mass is 427 g/mol. The van der Waals surface area contributed by atoms with Crippen molar-refractivity contribution in [3.63, 3.8) is 0 Å². The number of nitrogens with zero attached hydrogens (tertiary/aromatic N) is 3. The number of hydrogen-bond acceptors (Lipinski definition) is 3. The van der Waals surface area contributed by atoms with Crippen LogP contribution in [0.15, 0.2) is 48.5 Å². The first-order valence-electron chi connectivity index (χ1n) is 10.6. The van der Waals surface area contributed by atoms with Gasteiger partial charge in [-0.05, 0) is 54.8 Å². The van der Waals surface area contributed by atoms with E-state index in [4.69, 9.17) is 11.6 Å². The molecule has 0 bridgehead atoms. The minimum Gasteiger partial charge on any atom is -0.336 e. The maximum Gasteiger partial charge on any atom is 0.253 e. The van der Waals surface area contributed by atoms with E-state index < -0.39 is 0 Å². The second-order valence-electron chi connectivity index (χ2n) is 7.73. The number of amides is 2. The van der Waals surface area contributed by atoms with E-state index in [2.05, 4.69) is 17.0 Å². The summed E-state index contributed by atoms with van der Waals surface area (Å²) in [6.07, 6.45) is 1.87. The molecule has 0 spiro atoms. The Morgan fingerprint density at radius 1 is 0.967 bits per heavy atom. The van der Waals surface area contributed by atoms with Crippen molar-refractivity contribution >= 4 is 29.1 Å². The van der Waals surface area contributed by atoms with Gasteiger partial charge in [0.2, 0.25) is 5.91 Å². The standard InChI is InChI=1S/C24H30ClN3O2/c1-3-13-28(19(2)29)23-10-6-21(7-11-23)24(30)27-17-15-26(16-18-27)14-12-20-4-8-22(25)9-5-20/h4-11H,3,12-18H2,1-2H3. The summed E-state index contributed by atoms with van der Waals surface area (Å²) < 4.78 is 0. The molecule has 160 valence electrons. The lowest BCUT2D eigenvalue weighted by molar-refractivity contribution is -0.116. The van der Waals surface area contributed by atoms with Crippen molar-refractivity contribution in [1.82, 2.24) is 9.80 Å². The molecule has 1 fully saturated rings. The van der Waals surface area contributed by atoms with Crippen LogP contribution in [0.4, 0.5) is 5.69 Å². The molecule has 2 aromatic carbocycles. The zero-order valence-electron chi connectivity index (χ0n) is 17.8. The molecule has 1 saturated heterocycles. The minimum absolute atomic E-state index is 0.0191. The third kappa shape index (κ3) is 5.83. The fourth-order valence-electron chi connectivity index (χ4n) is 3.77. The summed E-state index contributed by atoms with van der Waals surface area (Å²) in [6, 6.07) is 15.4. The van der Waals surface area contributed by atoms with Gasteiger partial charge in [-0.2, -0.15) is 0 Å². The summed E-state index contributed by atoms with van der Waals surface area (Å²) in [6.45, 7) is 8.51. The Morgan fingerprint density at radius 2 is 1.60 bits per heavy atom. The fourth-order valence-corrected chi connectivity index (χ4v) is 3.90. The lowest BCUT2D eigenvalue weighted by atomic mass is 10.1. The zero-order chi connectivity index (χ0) is 21.5. The molecule has 0 aliphatic carbocycles. The van der Waals surface area contributed by atoms with Gasteiger partial charge in [0.05, 0.1) is 0 Å². The van der Waals surface area contributed by atoms with E-state index in [1.54, 1.807) is 11.8 Å². The summed E-state index contributed by atoms with van der Waals surface area (Å²) in [4.78, 5) is 30.8. The number of halogens is 1. The predicted molar refractivity (Wildman–Crippen MR) is 122 cm³/mol. The maximum atomic E-state index is 12.9. The second-order valence-corrected chi connectivity index (χ2v) is 8.16. The number of carbonyl (C=O) groups is 2. The van der Waals surface area contributed by atoms with Crippen molar-refractivity contribution in [1.29, 1.82) is 0 Å². The van der Waals surface area contributed by atoms with E-state index >= 15 is 0 Å². The first kappa shape index (κ1) is 22.3. The highest BCUT2D eigenvalue weighted by Gasteiger charge is 2.22. The zero-order valence-corrected chi connectivity index (χ0v) is 18.6. The number of hydrogen-bond donors (Lipinski definition) is 0. The molecule has 30 heavy (non-hydrogen) atoms. The largest absolute Gasteiger partial charge is 0.336 e. The highest BCUT2D eigenvalue weighted by Crippen LogP contribution is 2.18. The van der Waals surface area contributed by atoms with Crippen LogP contribution in [0.1, 0.15) is 36.2 Å². The molecule has 1 heterocycles. The molecule has 0 saturated carbocycles. The van der Waals surface area contributed by atoms with Crippen LogP contribution < -0.4 is 4.90 Å². The van der Waals surface area contributed by atoms with Crippen LogP contribution in [0.2, 0.25) is 5.02 Å². The van der Waals surface area contributed by atoms with Gasteiger partial charge in [-0.1, -0.05) is 30.7 Å². The summed E-state index contributed by atoms with van der Waals surface area (Å²) in [5.74, 6) is 0.0782. The SMILES string of the molecule is CCCN(C(C)=O)c1ccc(C(=O)N2CCN(CCc3ccc(Cl)cc3)CC2)cc1. The van der Waals surface area contributed by atoms with Crippen LogP contribution in [0.25, 0.3) is 0 Å². The Balaban J connectivity index is 1.51. The number of anilines is 1. The number of piperazine rings is 1. The molecule has 0 N–H and O–H groups in total. The Kier molecular flexibility index (Phi) is 7.88. The molecule has 5 nitrogen and oxygen atoms in total. The van der Waals surface area contributed by atoms with Gasteiger partial charge in [0.15, 0.2) is 0 Å². The Labute approximate surface area is 184 Å². The molecule has 1 aliphatic heterocycles. The van der Waals surface area contributed by atoms with Gasteiger partial charge in [-0.25, -0.2) is 0 Å². The Morgan fingerprint density at radius 3 is 2.17 bits per heavy atom. The molecule has 2 aromatic rings. The van der Waals surface area contributed by atoms with Crippen LogP contribution in [0.5, 0.6) is 0 Å². The molecular formula is C24H30ClN3O2. The minimum atomic E-state index is 0.0191. The number of carbonyl (C=O) groups excluding carboxylic acids is 2. The number of benzene rings is 2. The molecule has 0 unspecified atom stereocenters. The average molecular weight is 428 g/mol. The topological polar surface area (TPSA) is 43.9 Å². The number of rotatable bonds is 7. The van der Waals surface area contributed by atoms with Crippen LogP contribution >= 0.6 is 11.6 Å². The summed E-state index contributed by atoms with van der Waals surface area (Å²) in [5, 5.41) is 0.762. The van der Waals surface area contributed by atoms with Crippen molar-refractivity contribution in [3.8, 4) is 0 Å². The van der Waals surface area contributed by atoms with E-state index in [1.807, 2.05) is 48.2 Å². The predicted octanol–water partition coefficient (Wildman–Crippen LogP) is 4.10. The third-order valence-electron chi connectivity index (χ3n) is 5.54. The van der Waals surface area contributed by atoms with Crippen LogP contribution in [-0.2, 0) is 11.2 Å². The van der Waals surface area contributed by atoms with E-state index in [0.717, 1.165) is 56.3 Å². The van der Waals surface area contributed by atoms with E-state index in [1.165, 1.54) is 5.56 Å². The fraction of sp³-hybridized carbons (Fsp3) is 0.417. The van der Waals surface area contributed by atoms with Crippen LogP contribution in [-0.4, -0.2) is 60.9 Å². The Hall–Kier alpha value is -2.37. The summed E-state index contributed by atoms with van der Waals surface area (Å²) >= 11 is 5.94. The molecule has 0 atom stereocenters. The third-order valence-corrected chi connectivity index (χ3v) is 5.79. The molecule has 6 heteroatoms. The van der Waals surface area contributed by atoms with Gasteiger partial charge in [0.25, 0.3) is 5.91 Å². The van der Waals surface area contributed by atoms with E-state index in [0.29, 0.717) is 12.1 Å². The first-order valence-corrected chi connectivity index (χ1v) is 11.0. The maximum absolute atomic E-state index is 12.9. The highest BCUT2D eigenvalue weighted by molar-refractivity contribution is 6.30. The average Bonchev–Trinajstić information content (AvgIpc) is 2.77. The second kappa shape index (κ2) is 10.6.